The molecule has 0 aliphatic rings. The lowest BCUT2D eigenvalue weighted by Gasteiger charge is -2.24. The summed E-state index contributed by atoms with van der Waals surface area (Å²) in [6.45, 7) is 1.02. The molecule has 0 aliphatic carbocycles. The van der Waals surface area contributed by atoms with Crippen molar-refractivity contribution in [3.05, 3.63) is 84.1 Å². The molecule has 154 valence electrons. The molecule has 2 N–H and O–H groups in total. The number of aromatic nitrogens is 1. The Morgan fingerprint density at radius 2 is 1.63 bits per heavy atom. The maximum absolute atomic E-state index is 12.5. The highest BCUT2D eigenvalue weighted by molar-refractivity contribution is 5.86. The smallest absolute Gasteiger partial charge is 0.315 e. The number of carbonyl (C=O) groups is 1. The SMILES string of the molecule is CN(C)C(CNC(=O)NCc1cccc2ccccc12)c1cn(C)c2ccccc12. The molecule has 1 heterocycles. The van der Waals surface area contributed by atoms with E-state index in [0.29, 0.717) is 13.1 Å². The zero-order chi connectivity index (χ0) is 21.1. The molecule has 0 radical (unpaired) electrons. The number of amides is 2. The quantitative estimate of drug-likeness (QED) is 0.503. The molecule has 30 heavy (non-hydrogen) atoms. The van der Waals surface area contributed by atoms with Crippen molar-refractivity contribution in [2.45, 2.75) is 12.6 Å². The summed E-state index contributed by atoms with van der Waals surface area (Å²) in [6, 6.07) is 22.7. The molecular weight excluding hydrogens is 372 g/mol. The second kappa shape index (κ2) is 8.59. The molecule has 0 aliphatic heterocycles. The summed E-state index contributed by atoms with van der Waals surface area (Å²) < 4.78 is 2.14. The van der Waals surface area contributed by atoms with Crippen LogP contribution in [0.15, 0.2) is 72.9 Å². The van der Waals surface area contributed by atoms with Crippen LogP contribution in [0.5, 0.6) is 0 Å². The lowest BCUT2D eigenvalue weighted by atomic mass is 10.0. The van der Waals surface area contributed by atoms with Crippen LogP contribution in [0.2, 0.25) is 0 Å². The number of para-hydroxylation sites is 1. The Morgan fingerprint density at radius 3 is 2.43 bits per heavy atom. The molecule has 0 saturated carbocycles. The maximum atomic E-state index is 12.5. The van der Waals surface area contributed by atoms with Crippen LogP contribution in [0.3, 0.4) is 0 Å². The number of carbonyl (C=O) groups excluding carboxylic acids is 1. The Hall–Kier alpha value is -3.31. The first-order valence-electron chi connectivity index (χ1n) is 10.2. The van der Waals surface area contributed by atoms with Crippen molar-refractivity contribution in [3.63, 3.8) is 0 Å². The molecule has 0 saturated heterocycles. The second-order valence-corrected chi connectivity index (χ2v) is 7.89. The van der Waals surface area contributed by atoms with Crippen LogP contribution in [-0.2, 0) is 13.6 Å². The van der Waals surface area contributed by atoms with Gasteiger partial charge in [0.05, 0.1) is 6.04 Å². The van der Waals surface area contributed by atoms with Crippen molar-refractivity contribution in [2.75, 3.05) is 20.6 Å². The number of hydrogen-bond donors (Lipinski definition) is 2. The van der Waals surface area contributed by atoms with Crippen LogP contribution >= 0.6 is 0 Å². The maximum Gasteiger partial charge on any atom is 0.315 e. The summed E-state index contributed by atoms with van der Waals surface area (Å²) in [5, 5.41) is 9.63. The van der Waals surface area contributed by atoms with Crippen molar-refractivity contribution in [1.29, 1.82) is 0 Å². The van der Waals surface area contributed by atoms with Gasteiger partial charge >= 0.3 is 6.03 Å². The van der Waals surface area contributed by atoms with Gasteiger partial charge in [-0.25, -0.2) is 4.79 Å². The van der Waals surface area contributed by atoms with Gasteiger partial charge in [-0.05, 0) is 42.1 Å². The summed E-state index contributed by atoms with van der Waals surface area (Å²) in [7, 11) is 6.15. The fourth-order valence-corrected chi connectivity index (χ4v) is 4.08. The molecule has 2 amide bonds. The van der Waals surface area contributed by atoms with Gasteiger partial charge in [0.1, 0.15) is 0 Å². The topological polar surface area (TPSA) is 49.3 Å². The molecule has 1 atom stereocenters. The molecule has 0 fully saturated rings. The summed E-state index contributed by atoms with van der Waals surface area (Å²) in [6.07, 6.45) is 2.16. The Morgan fingerprint density at radius 1 is 0.933 bits per heavy atom. The fraction of sp³-hybridized carbons (Fsp3) is 0.240. The molecule has 1 aromatic heterocycles. The van der Waals surface area contributed by atoms with Gasteiger partial charge in [-0.2, -0.15) is 0 Å². The number of benzene rings is 3. The third kappa shape index (κ3) is 4.02. The van der Waals surface area contributed by atoms with Crippen LogP contribution in [-0.4, -0.2) is 36.1 Å². The van der Waals surface area contributed by atoms with Crippen LogP contribution in [0.1, 0.15) is 17.2 Å². The van der Waals surface area contributed by atoms with Crippen LogP contribution in [0.4, 0.5) is 4.79 Å². The van der Waals surface area contributed by atoms with E-state index in [0.717, 1.165) is 5.56 Å². The average molecular weight is 401 g/mol. The van der Waals surface area contributed by atoms with Gasteiger partial charge < -0.3 is 20.1 Å². The van der Waals surface area contributed by atoms with Gasteiger partial charge in [0.25, 0.3) is 0 Å². The molecule has 5 heteroatoms. The Bertz CT molecular complexity index is 1170. The standard InChI is InChI=1S/C25H28N4O/c1-28(2)24(22-17-29(3)23-14-7-6-13-21(22)23)16-27-25(30)26-15-19-11-8-10-18-9-4-5-12-20(18)19/h4-14,17,24H,15-16H2,1-3H3,(H2,26,27,30). The molecule has 0 bridgehead atoms. The highest BCUT2D eigenvalue weighted by atomic mass is 16.2. The number of hydrogen-bond acceptors (Lipinski definition) is 2. The van der Waals surface area contributed by atoms with Crippen molar-refractivity contribution in [3.8, 4) is 0 Å². The minimum Gasteiger partial charge on any atom is -0.350 e. The molecular formula is C25H28N4O. The third-order valence-electron chi connectivity index (χ3n) is 5.69. The van der Waals surface area contributed by atoms with Crippen LogP contribution < -0.4 is 10.6 Å². The first-order valence-corrected chi connectivity index (χ1v) is 10.2. The lowest BCUT2D eigenvalue weighted by molar-refractivity contribution is 0.232. The van der Waals surface area contributed by atoms with Gasteiger partial charge in [-0.3, -0.25) is 0 Å². The number of aryl methyl sites for hydroxylation is 1. The van der Waals surface area contributed by atoms with E-state index in [1.54, 1.807) is 0 Å². The third-order valence-corrected chi connectivity index (χ3v) is 5.69. The largest absolute Gasteiger partial charge is 0.350 e. The van der Waals surface area contributed by atoms with Crippen molar-refractivity contribution < 1.29 is 4.79 Å². The van der Waals surface area contributed by atoms with E-state index in [2.05, 4.69) is 81.9 Å². The summed E-state index contributed by atoms with van der Waals surface area (Å²) in [4.78, 5) is 14.7. The predicted octanol–water partition coefficient (Wildman–Crippen LogP) is 4.43. The zero-order valence-corrected chi connectivity index (χ0v) is 17.7. The summed E-state index contributed by atoms with van der Waals surface area (Å²) >= 11 is 0. The van der Waals surface area contributed by atoms with Gasteiger partial charge in [0, 0.05) is 37.2 Å². The number of likely N-dealkylation sites (N-methyl/N-ethyl adjacent to an activating group) is 1. The van der Waals surface area contributed by atoms with E-state index in [1.165, 1.54) is 27.2 Å². The fourth-order valence-electron chi connectivity index (χ4n) is 4.08. The number of rotatable bonds is 6. The normalized spacial score (nSPS) is 12.4. The first-order chi connectivity index (χ1) is 14.5. The molecule has 4 aromatic rings. The Kier molecular flexibility index (Phi) is 5.72. The van der Waals surface area contributed by atoms with Crippen molar-refractivity contribution in [1.82, 2.24) is 20.1 Å². The van der Waals surface area contributed by atoms with Gasteiger partial charge in [-0.1, -0.05) is 60.7 Å². The first kappa shape index (κ1) is 20.0. The van der Waals surface area contributed by atoms with E-state index in [-0.39, 0.29) is 12.1 Å². The number of nitrogens with zero attached hydrogens (tertiary/aromatic N) is 2. The molecule has 5 nitrogen and oxygen atoms in total. The van der Waals surface area contributed by atoms with Crippen LogP contribution in [0, 0.1) is 0 Å². The monoisotopic (exact) mass is 400 g/mol. The van der Waals surface area contributed by atoms with E-state index < -0.39 is 0 Å². The molecule has 4 rings (SSSR count). The zero-order valence-electron chi connectivity index (χ0n) is 17.7. The van der Waals surface area contributed by atoms with E-state index in [4.69, 9.17) is 0 Å². The van der Waals surface area contributed by atoms with Crippen molar-refractivity contribution in [2.24, 2.45) is 7.05 Å². The number of nitrogens with one attached hydrogen (secondary N) is 2. The number of fused-ring (bicyclic) bond motifs is 2. The molecule has 1 unspecified atom stereocenters. The minimum atomic E-state index is -0.157. The van der Waals surface area contributed by atoms with Gasteiger partial charge in [-0.15, -0.1) is 0 Å². The summed E-state index contributed by atoms with van der Waals surface area (Å²) in [5.41, 5.74) is 3.52. The van der Waals surface area contributed by atoms with E-state index in [9.17, 15) is 4.79 Å². The molecule has 3 aromatic carbocycles. The number of urea groups is 1. The average Bonchev–Trinajstić information content (AvgIpc) is 3.08. The highest BCUT2D eigenvalue weighted by Crippen LogP contribution is 2.28. The van der Waals surface area contributed by atoms with Gasteiger partial charge in [0.2, 0.25) is 0 Å². The second-order valence-electron chi connectivity index (χ2n) is 7.89. The lowest BCUT2D eigenvalue weighted by Crippen LogP contribution is -2.40. The Balaban J connectivity index is 1.43. The summed E-state index contributed by atoms with van der Waals surface area (Å²) in [5.74, 6) is 0. The Labute approximate surface area is 177 Å². The van der Waals surface area contributed by atoms with Crippen molar-refractivity contribution >= 4 is 27.7 Å². The van der Waals surface area contributed by atoms with E-state index >= 15 is 0 Å². The minimum absolute atomic E-state index is 0.0828. The predicted molar refractivity (Wildman–Crippen MR) is 124 cm³/mol. The highest BCUT2D eigenvalue weighted by Gasteiger charge is 2.20. The van der Waals surface area contributed by atoms with E-state index in [1.807, 2.05) is 32.3 Å². The molecule has 0 spiro atoms. The van der Waals surface area contributed by atoms with Gasteiger partial charge in [0.15, 0.2) is 0 Å². The van der Waals surface area contributed by atoms with Crippen LogP contribution in [0.25, 0.3) is 21.7 Å².